The molecule has 0 bridgehead atoms. The average molecular weight is 206 g/mol. The highest BCUT2D eigenvalue weighted by molar-refractivity contribution is 5.33. The van der Waals surface area contributed by atoms with Gasteiger partial charge in [-0.15, -0.1) is 0 Å². The number of anilines is 1. The number of hydrogen-bond donors (Lipinski definition) is 2. The molecule has 0 radical (unpaired) electrons. The molecule has 0 amide bonds. The van der Waals surface area contributed by atoms with Crippen molar-refractivity contribution in [2.24, 2.45) is 0 Å². The van der Waals surface area contributed by atoms with Crippen LogP contribution in [0.5, 0.6) is 0 Å². The second-order valence-electron chi connectivity index (χ2n) is 4.53. The van der Waals surface area contributed by atoms with Crippen LogP contribution in [-0.2, 0) is 0 Å². The largest absolute Gasteiger partial charge is 0.340 e. The van der Waals surface area contributed by atoms with E-state index in [9.17, 15) is 0 Å². The monoisotopic (exact) mass is 206 g/mol. The molecule has 0 aromatic carbocycles. The summed E-state index contributed by atoms with van der Waals surface area (Å²) in [7, 11) is 0. The fourth-order valence-corrected chi connectivity index (χ4v) is 2.29. The first-order valence-electron chi connectivity index (χ1n) is 5.94. The van der Waals surface area contributed by atoms with Gasteiger partial charge in [-0.05, 0) is 12.8 Å². The van der Waals surface area contributed by atoms with E-state index in [1.165, 1.54) is 25.0 Å². The van der Waals surface area contributed by atoms with Gasteiger partial charge in [0, 0.05) is 37.8 Å². The Labute approximate surface area is 90.1 Å². The van der Waals surface area contributed by atoms with Gasteiger partial charge in [-0.3, -0.25) is 0 Å². The van der Waals surface area contributed by atoms with E-state index < -0.39 is 0 Å². The number of imidazole rings is 1. The maximum absolute atomic E-state index is 4.49. The number of hydrogen-bond acceptors (Lipinski definition) is 3. The van der Waals surface area contributed by atoms with E-state index in [-0.39, 0.29) is 0 Å². The first kappa shape index (κ1) is 9.21. The van der Waals surface area contributed by atoms with Crippen LogP contribution in [0.2, 0.25) is 0 Å². The summed E-state index contributed by atoms with van der Waals surface area (Å²) in [6, 6.07) is 0. The minimum absolute atomic E-state index is 0.758. The molecule has 1 aromatic heterocycles. The van der Waals surface area contributed by atoms with Gasteiger partial charge in [-0.25, -0.2) is 4.98 Å². The Balaban J connectivity index is 1.71. The van der Waals surface area contributed by atoms with E-state index in [1.807, 2.05) is 6.20 Å². The maximum Gasteiger partial charge on any atom is 0.203 e. The van der Waals surface area contributed by atoms with Crippen LogP contribution in [0.4, 0.5) is 5.95 Å². The third-order valence-electron chi connectivity index (χ3n) is 3.54. The lowest BCUT2D eigenvalue weighted by Gasteiger charge is -2.27. The van der Waals surface area contributed by atoms with Crippen LogP contribution >= 0.6 is 0 Å². The molecule has 1 aliphatic carbocycles. The molecular weight excluding hydrogens is 188 g/mol. The van der Waals surface area contributed by atoms with Crippen molar-refractivity contribution < 1.29 is 0 Å². The van der Waals surface area contributed by atoms with Gasteiger partial charge in [0.05, 0.1) is 6.20 Å². The van der Waals surface area contributed by atoms with Crippen LogP contribution < -0.4 is 10.2 Å². The molecule has 4 heteroatoms. The SMILES string of the molecule is c1nc(N2CCNCC2)[nH]c1C1CCC1. The fourth-order valence-electron chi connectivity index (χ4n) is 2.29. The summed E-state index contributed by atoms with van der Waals surface area (Å²) in [5, 5.41) is 3.35. The van der Waals surface area contributed by atoms with Crippen molar-refractivity contribution in [1.29, 1.82) is 0 Å². The Bertz CT molecular complexity index is 323. The smallest absolute Gasteiger partial charge is 0.203 e. The number of nitrogens with zero attached hydrogens (tertiary/aromatic N) is 2. The zero-order chi connectivity index (χ0) is 10.1. The number of aromatic amines is 1. The van der Waals surface area contributed by atoms with Crippen molar-refractivity contribution in [2.45, 2.75) is 25.2 Å². The molecule has 1 aromatic rings. The van der Waals surface area contributed by atoms with Crippen LogP contribution in [0, 0.1) is 0 Å². The summed E-state index contributed by atoms with van der Waals surface area (Å²) in [6.07, 6.45) is 6.08. The van der Waals surface area contributed by atoms with Gasteiger partial charge in [-0.1, -0.05) is 6.42 Å². The predicted molar refractivity (Wildman–Crippen MR) is 60.3 cm³/mol. The third-order valence-corrected chi connectivity index (χ3v) is 3.54. The van der Waals surface area contributed by atoms with Crippen molar-refractivity contribution in [1.82, 2.24) is 15.3 Å². The Morgan fingerprint density at radius 3 is 2.73 bits per heavy atom. The molecule has 1 saturated heterocycles. The summed E-state index contributed by atoms with van der Waals surface area (Å²) in [5.74, 6) is 1.83. The van der Waals surface area contributed by atoms with E-state index in [4.69, 9.17) is 0 Å². The minimum Gasteiger partial charge on any atom is -0.340 e. The highest BCUT2D eigenvalue weighted by Crippen LogP contribution is 2.35. The second kappa shape index (κ2) is 3.85. The molecule has 15 heavy (non-hydrogen) atoms. The van der Waals surface area contributed by atoms with Crippen LogP contribution in [0.25, 0.3) is 0 Å². The van der Waals surface area contributed by atoms with Gasteiger partial charge >= 0.3 is 0 Å². The van der Waals surface area contributed by atoms with E-state index in [2.05, 4.69) is 20.2 Å². The molecule has 0 atom stereocenters. The molecule has 0 spiro atoms. The molecule has 2 aliphatic rings. The molecule has 0 unspecified atom stereocenters. The standard InChI is InChI=1S/C11H18N4/c1-2-9(3-1)10-8-13-11(14-10)15-6-4-12-5-7-15/h8-9,12H,1-7H2,(H,13,14). The minimum atomic E-state index is 0.758. The van der Waals surface area contributed by atoms with Crippen molar-refractivity contribution in [2.75, 3.05) is 31.1 Å². The summed E-state index contributed by atoms with van der Waals surface area (Å²) in [4.78, 5) is 10.3. The summed E-state index contributed by atoms with van der Waals surface area (Å²) >= 11 is 0. The van der Waals surface area contributed by atoms with Gasteiger partial charge in [-0.2, -0.15) is 0 Å². The Morgan fingerprint density at radius 1 is 1.27 bits per heavy atom. The molecule has 2 N–H and O–H groups in total. The maximum atomic E-state index is 4.49. The lowest BCUT2D eigenvalue weighted by atomic mass is 9.83. The highest BCUT2D eigenvalue weighted by Gasteiger charge is 2.22. The third kappa shape index (κ3) is 1.74. The molecule has 82 valence electrons. The van der Waals surface area contributed by atoms with Crippen LogP contribution in [0.1, 0.15) is 30.9 Å². The Kier molecular flexibility index (Phi) is 2.37. The van der Waals surface area contributed by atoms with E-state index in [0.29, 0.717) is 0 Å². The zero-order valence-electron chi connectivity index (χ0n) is 9.00. The van der Waals surface area contributed by atoms with Gasteiger partial charge in [0.15, 0.2) is 0 Å². The Hall–Kier alpha value is -1.03. The second-order valence-corrected chi connectivity index (χ2v) is 4.53. The van der Waals surface area contributed by atoms with E-state index in [1.54, 1.807) is 0 Å². The number of aromatic nitrogens is 2. The number of H-pyrrole nitrogens is 1. The van der Waals surface area contributed by atoms with Crippen molar-refractivity contribution in [3.05, 3.63) is 11.9 Å². The molecular formula is C11H18N4. The quantitative estimate of drug-likeness (QED) is 0.761. The number of piperazine rings is 1. The van der Waals surface area contributed by atoms with E-state index in [0.717, 1.165) is 38.0 Å². The fraction of sp³-hybridized carbons (Fsp3) is 0.727. The lowest BCUT2D eigenvalue weighted by Crippen LogP contribution is -2.44. The average Bonchev–Trinajstić information content (AvgIpc) is 2.66. The zero-order valence-corrected chi connectivity index (χ0v) is 9.00. The first-order valence-corrected chi connectivity index (χ1v) is 5.94. The number of nitrogens with one attached hydrogen (secondary N) is 2. The van der Waals surface area contributed by atoms with Crippen molar-refractivity contribution in [3.63, 3.8) is 0 Å². The van der Waals surface area contributed by atoms with Gasteiger partial charge in [0.25, 0.3) is 0 Å². The molecule has 1 saturated carbocycles. The Morgan fingerprint density at radius 2 is 2.07 bits per heavy atom. The van der Waals surface area contributed by atoms with Crippen molar-refractivity contribution in [3.8, 4) is 0 Å². The molecule has 1 aliphatic heterocycles. The van der Waals surface area contributed by atoms with Crippen LogP contribution in [-0.4, -0.2) is 36.1 Å². The topological polar surface area (TPSA) is 44.0 Å². The highest BCUT2D eigenvalue weighted by atomic mass is 15.3. The van der Waals surface area contributed by atoms with Gasteiger partial charge < -0.3 is 15.2 Å². The normalized spacial score (nSPS) is 22.8. The van der Waals surface area contributed by atoms with Gasteiger partial charge in [0.2, 0.25) is 5.95 Å². The molecule has 3 rings (SSSR count). The van der Waals surface area contributed by atoms with Crippen LogP contribution in [0.3, 0.4) is 0 Å². The number of rotatable bonds is 2. The van der Waals surface area contributed by atoms with Gasteiger partial charge in [0.1, 0.15) is 0 Å². The van der Waals surface area contributed by atoms with Crippen LogP contribution in [0.15, 0.2) is 6.20 Å². The predicted octanol–water partition coefficient (Wildman–Crippen LogP) is 1.09. The van der Waals surface area contributed by atoms with Crippen molar-refractivity contribution >= 4 is 5.95 Å². The molecule has 4 nitrogen and oxygen atoms in total. The summed E-state index contributed by atoms with van der Waals surface area (Å²) < 4.78 is 0. The lowest BCUT2D eigenvalue weighted by molar-refractivity contribution is 0.412. The summed E-state index contributed by atoms with van der Waals surface area (Å²) in [6.45, 7) is 4.27. The summed E-state index contributed by atoms with van der Waals surface area (Å²) in [5.41, 5.74) is 1.34. The molecule has 2 heterocycles. The first-order chi connectivity index (χ1) is 7.43. The molecule has 2 fully saturated rings. The van der Waals surface area contributed by atoms with E-state index >= 15 is 0 Å².